The summed E-state index contributed by atoms with van der Waals surface area (Å²) in [5.74, 6) is 3.05. The summed E-state index contributed by atoms with van der Waals surface area (Å²) < 4.78 is 1.54. The summed E-state index contributed by atoms with van der Waals surface area (Å²) >= 11 is 4.19. The van der Waals surface area contributed by atoms with E-state index in [9.17, 15) is 9.59 Å². The van der Waals surface area contributed by atoms with Gasteiger partial charge in [-0.25, -0.2) is 9.67 Å². The first-order chi connectivity index (χ1) is 15.5. The Balaban J connectivity index is 1.37. The number of carbonyl (C=O) groups excluding carboxylic acids is 2. The summed E-state index contributed by atoms with van der Waals surface area (Å²) in [6.45, 7) is 0.291. The summed E-state index contributed by atoms with van der Waals surface area (Å²) in [6.07, 6.45) is 7.13. The third kappa shape index (κ3) is 4.42. The van der Waals surface area contributed by atoms with Gasteiger partial charge in [-0.1, -0.05) is 22.8 Å². The van der Waals surface area contributed by atoms with Crippen LogP contribution in [0.25, 0.3) is 0 Å². The molecule has 2 aliphatic rings. The van der Waals surface area contributed by atoms with Crippen molar-refractivity contribution in [2.75, 3.05) is 24.3 Å². The van der Waals surface area contributed by atoms with Crippen LogP contribution in [0.3, 0.4) is 0 Å². The second-order valence-electron chi connectivity index (χ2n) is 6.49. The summed E-state index contributed by atoms with van der Waals surface area (Å²) in [6, 6.07) is -0.668. The van der Waals surface area contributed by atoms with Gasteiger partial charge >= 0.3 is 0 Å². The molecule has 166 valence electrons. The molecule has 0 bridgehead atoms. The van der Waals surface area contributed by atoms with Crippen molar-refractivity contribution in [1.29, 1.82) is 0 Å². The predicted molar refractivity (Wildman–Crippen MR) is 121 cm³/mol. The van der Waals surface area contributed by atoms with E-state index in [2.05, 4.69) is 36.9 Å². The van der Waals surface area contributed by atoms with Crippen LogP contribution in [0.15, 0.2) is 27.5 Å². The lowest BCUT2D eigenvalue weighted by molar-refractivity contribution is -0.143. The lowest BCUT2D eigenvalue weighted by atomic mass is 10.1. The van der Waals surface area contributed by atoms with Crippen LogP contribution in [0.5, 0.6) is 0 Å². The molecule has 2 aromatic rings. The number of terminal acetylenes is 1. The second-order valence-corrected chi connectivity index (χ2v) is 9.43. The number of nitrogens with one attached hydrogen (secondary N) is 1. The van der Waals surface area contributed by atoms with Crippen LogP contribution < -0.4 is 11.1 Å². The monoisotopic (exact) mass is 491 g/mol. The molecule has 2 aromatic heterocycles. The van der Waals surface area contributed by atoms with Crippen LogP contribution in [0.2, 0.25) is 0 Å². The molecule has 0 saturated carbocycles. The molecule has 3 N–H and O–H groups in total. The van der Waals surface area contributed by atoms with E-state index in [1.165, 1.54) is 30.2 Å². The second kappa shape index (κ2) is 9.59. The Labute approximate surface area is 195 Å². The van der Waals surface area contributed by atoms with Crippen LogP contribution in [0.1, 0.15) is 5.69 Å². The number of aromatic nitrogens is 5. The van der Waals surface area contributed by atoms with Crippen LogP contribution in [-0.2, 0) is 21.0 Å². The number of thiazole rings is 1. The van der Waals surface area contributed by atoms with Crippen molar-refractivity contribution in [3.05, 3.63) is 22.8 Å². The fourth-order valence-corrected chi connectivity index (χ4v) is 5.76. The SMILES string of the molecule is C#CCn1nnnc1SCC1=CN2C(=O)C(NC(=O)/C(=N/OC)c3csc(N)n3)[C@H]2SC1. The van der Waals surface area contributed by atoms with Crippen molar-refractivity contribution < 1.29 is 14.4 Å². The van der Waals surface area contributed by atoms with E-state index in [1.807, 2.05) is 6.20 Å². The molecule has 12 nitrogen and oxygen atoms in total. The van der Waals surface area contributed by atoms with Crippen LogP contribution in [0, 0.1) is 12.3 Å². The molecule has 0 aliphatic carbocycles. The largest absolute Gasteiger partial charge is 0.398 e. The molecule has 0 spiro atoms. The Hall–Kier alpha value is -3.09. The third-order valence-electron chi connectivity index (χ3n) is 4.42. The zero-order chi connectivity index (χ0) is 22.7. The fourth-order valence-electron chi connectivity index (χ4n) is 2.98. The third-order valence-corrected chi connectivity index (χ3v) is 7.53. The maximum atomic E-state index is 12.7. The number of hydrogen-bond donors (Lipinski definition) is 2. The average molecular weight is 492 g/mol. The molecule has 1 unspecified atom stereocenters. The number of nitrogens with two attached hydrogens (primary N) is 1. The highest BCUT2D eigenvalue weighted by Gasteiger charge is 2.49. The Bertz CT molecular complexity index is 1140. The van der Waals surface area contributed by atoms with Crippen molar-refractivity contribution in [2.45, 2.75) is 23.1 Å². The summed E-state index contributed by atoms with van der Waals surface area (Å²) in [4.78, 5) is 35.8. The van der Waals surface area contributed by atoms with Crippen molar-refractivity contribution in [2.24, 2.45) is 5.16 Å². The predicted octanol–water partition coefficient (Wildman–Crippen LogP) is -0.228. The van der Waals surface area contributed by atoms with Crippen LogP contribution >= 0.6 is 34.9 Å². The molecule has 0 radical (unpaired) electrons. The minimum atomic E-state index is -0.668. The maximum absolute atomic E-state index is 12.7. The summed E-state index contributed by atoms with van der Waals surface area (Å²) in [5.41, 5.74) is 6.94. The molecule has 4 rings (SSSR count). The zero-order valence-electron chi connectivity index (χ0n) is 16.7. The number of rotatable bonds is 8. The molecule has 2 aliphatic heterocycles. The quantitative estimate of drug-likeness (QED) is 0.166. The molecule has 4 heterocycles. The number of anilines is 1. The molecule has 1 fully saturated rings. The molecule has 0 aromatic carbocycles. The molecule has 2 amide bonds. The normalized spacial score (nSPS) is 20.1. The molecule has 2 atom stereocenters. The Kier molecular flexibility index (Phi) is 6.63. The maximum Gasteiger partial charge on any atom is 0.276 e. The number of amides is 2. The van der Waals surface area contributed by atoms with Gasteiger partial charge < -0.3 is 20.8 Å². The average Bonchev–Trinajstić information content (AvgIpc) is 3.42. The van der Waals surface area contributed by atoms with Gasteiger partial charge in [0.1, 0.15) is 30.8 Å². The standard InChI is InChI=1S/C17H17N9O3S3/c1-3-4-26-17(21-23-24-26)32-7-9-5-25-14(28)12(15(25)30-6-9)20-13(27)11(22-29-2)10-8-31-16(18)19-10/h1,5,8,12,15H,4,6-7H2,2H3,(H2,18,19)(H,20,27)/b22-11+/t12?,15-/m1/s1. The lowest BCUT2D eigenvalue weighted by Crippen LogP contribution is -2.69. The van der Waals surface area contributed by atoms with Gasteiger partial charge in [-0.2, -0.15) is 0 Å². The lowest BCUT2D eigenvalue weighted by Gasteiger charge is -2.47. The van der Waals surface area contributed by atoms with Crippen molar-refractivity contribution >= 4 is 57.5 Å². The van der Waals surface area contributed by atoms with Crippen molar-refractivity contribution in [3.63, 3.8) is 0 Å². The van der Waals surface area contributed by atoms with Gasteiger partial charge in [0, 0.05) is 23.1 Å². The van der Waals surface area contributed by atoms with E-state index in [4.69, 9.17) is 17.0 Å². The Morgan fingerprint density at radius 1 is 1.56 bits per heavy atom. The van der Waals surface area contributed by atoms with Gasteiger partial charge in [0.15, 0.2) is 10.8 Å². The Morgan fingerprint density at radius 3 is 3.12 bits per heavy atom. The van der Waals surface area contributed by atoms with Gasteiger partial charge in [-0.05, 0) is 16.0 Å². The minimum Gasteiger partial charge on any atom is -0.398 e. The first-order valence-electron chi connectivity index (χ1n) is 9.11. The number of hydrogen-bond acceptors (Lipinski definition) is 12. The topological polar surface area (TPSA) is 154 Å². The number of tetrazole rings is 1. The molecule has 1 saturated heterocycles. The number of thioether (sulfide) groups is 2. The van der Waals surface area contributed by atoms with Gasteiger partial charge in [0.25, 0.3) is 11.8 Å². The van der Waals surface area contributed by atoms with Crippen LogP contribution in [-0.4, -0.2) is 77.6 Å². The highest BCUT2D eigenvalue weighted by molar-refractivity contribution is 8.01. The number of carbonyl (C=O) groups is 2. The van der Waals surface area contributed by atoms with E-state index in [0.29, 0.717) is 28.3 Å². The van der Waals surface area contributed by atoms with E-state index in [0.717, 1.165) is 5.57 Å². The summed E-state index contributed by atoms with van der Waals surface area (Å²) in [5, 5.41) is 20.2. The zero-order valence-corrected chi connectivity index (χ0v) is 19.1. The smallest absolute Gasteiger partial charge is 0.276 e. The molecular weight excluding hydrogens is 474 g/mol. The molecule has 15 heteroatoms. The number of nitrogens with zero attached hydrogens (tertiary/aromatic N) is 7. The van der Waals surface area contributed by atoms with E-state index >= 15 is 0 Å². The molecule has 32 heavy (non-hydrogen) atoms. The van der Waals surface area contributed by atoms with Gasteiger partial charge in [-0.15, -0.1) is 34.6 Å². The van der Waals surface area contributed by atoms with Gasteiger partial charge in [0.05, 0.1) is 0 Å². The van der Waals surface area contributed by atoms with E-state index in [-0.39, 0.29) is 22.7 Å². The first kappa shape index (κ1) is 22.1. The molecular formula is C17H17N9O3S3. The van der Waals surface area contributed by atoms with Gasteiger partial charge in [0.2, 0.25) is 5.16 Å². The van der Waals surface area contributed by atoms with Crippen LogP contribution in [0.4, 0.5) is 5.13 Å². The van der Waals surface area contributed by atoms with Crippen molar-refractivity contribution in [1.82, 2.24) is 35.4 Å². The number of oxime groups is 1. The number of β-lactam (4-membered cyclic amide) rings is 1. The van der Waals surface area contributed by atoms with E-state index < -0.39 is 11.9 Å². The van der Waals surface area contributed by atoms with Gasteiger partial charge in [-0.3, -0.25) is 9.59 Å². The number of nitrogen functional groups attached to an aromatic ring is 1. The highest BCUT2D eigenvalue weighted by Crippen LogP contribution is 2.37. The van der Waals surface area contributed by atoms with E-state index in [1.54, 1.807) is 26.7 Å². The first-order valence-corrected chi connectivity index (χ1v) is 12.0. The highest BCUT2D eigenvalue weighted by atomic mass is 32.2. The van der Waals surface area contributed by atoms with Crippen molar-refractivity contribution in [3.8, 4) is 12.3 Å². The minimum absolute atomic E-state index is 0.0372. The Morgan fingerprint density at radius 2 is 2.41 bits per heavy atom. The summed E-state index contributed by atoms with van der Waals surface area (Å²) in [7, 11) is 1.33. The number of fused-ring (bicyclic) bond motifs is 1. The fraction of sp³-hybridized carbons (Fsp3) is 0.353.